The van der Waals surface area contributed by atoms with E-state index < -0.39 is 0 Å². The molecule has 3 heteroatoms. The van der Waals surface area contributed by atoms with E-state index in [2.05, 4.69) is 170 Å². The molecule has 0 saturated heterocycles. The SMILES string of the molecule is c1ccc(-c2oc3ccc4c5ccccc5sc4c3c2-c2c3ccccc3c(-c3c4ccccc4cc4c3oc3ccccc34)c3ccccc23)cc1. The Hall–Kier alpha value is -6.68. The molecule has 0 fully saturated rings. The molecule has 246 valence electrons. The Labute approximate surface area is 307 Å². The summed E-state index contributed by atoms with van der Waals surface area (Å²) in [4.78, 5) is 0. The molecule has 0 unspecified atom stereocenters. The predicted molar refractivity (Wildman–Crippen MR) is 225 cm³/mol. The van der Waals surface area contributed by atoms with Crippen LogP contribution in [-0.4, -0.2) is 0 Å². The van der Waals surface area contributed by atoms with Crippen LogP contribution in [0.25, 0.3) is 119 Å². The maximum Gasteiger partial charge on any atom is 0.143 e. The Morgan fingerprint density at radius 1 is 0.358 bits per heavy atom. The van der Waals surface area contributed by atoms with E-state index in [0.29, 0.717) is 0 Å². The molecule has 3 aromatic heterocycles. The highest BCUT2D eigenvalue weighted by Crippen LogP contribution is 2.54. The summed E-state index contributed by atoms with van der Waals surface area (Å²) in [6.45, 7) is 0. The van der Waals surface area contributed by atoms with E-state index in [0.717, 1.165) is 55.4 Å². The van der Waals surface area contributed by atoms with Gasteiger partial charge in [0.15, 0.2) is 0 Å². The van der Waals surface area contributed by atoms with E-state index >= 15 is 0 Å². The van der Waals surface area contributed by atoms with Crippen LogP contribution in [0.3, 0.4) is 0 Å². The molecule has 0 radical (unpaired) electrons. The van der Waals surface area contributed by atoms with Gasteiger partial charge in [0.25, 0.3) is 0 Å². The Morgan fingerprint density at radius 2 is 0.943 bits per heavy atom. The molecule has 0 aliphatic rings. The van der Waals surface area contributed by atoms with Crippen LogP contribution in [0.5, 0.6) is 0 Å². The lowest BCUT2D eigenvalue weighted by atomic mass is 9.83. The van der Waals surface area contributed by atoms with Crippen molar-refractivity contribution in [3.8, 4) is 33.6 Å². The molecule has 2 nitrogen and oxygen atoms in total. The Morgan fingerprint density at radius 3 is 1.68 bits per heavy atom. The number of rotatable bonds is 3. The zero-order chi connectivity index (χ0) is 34.6. The van der Waals surface area contributed by atoms with Gasteiger partial charge in [-0.2, -0.15) is 0 Å². The minimum atomic E-state index is 0.887. The molecule has 12 aromatic rings. The fourth-order valence-electron chi connectivity index (χ4n) is 8.84. The van der Waals surface area contributed by atoms with Crippen LogP contribution in [0.15, 0.2) is 179 Å². The Balaban J connectivity index is 1.30. The molecule has 0 atom stereocenters. The van der Waals surface area contributed by atoms with Crippen molar-refractivity contribution in [2.24, 2.45) is 0 Å². The third-order valence-electron chi connectivity index (χ3n) is 11.1. The first-order chi connectivity index (χ1) is 26.3. The third-order valence-corrected chi connectivity index (χ3v) is 12.3. The van der Waals surface area contributed by atoms with E-state index in [1.165, 1.54) is 63.6 Å². The number of furan rings is 2. The highest BCUT2D eigenvalue weighted by Gasteiger charge is 2.27. The second-order valence-corrected chi connectivity index (χ2v) is 14.9. The predicted octanol–water partition coefficient (Wildman–Crippen LogP) is 15.2. The number of hydrogen-bond acceptors (Lipinski definition) is 3. The van der Waals surface area contributed by atoms with Crippen molar-refractivity contribution >= 4 is 96.7 Å². The van der Waals surface area contributed by atoms with Gasteiger partial charge in [0.1, 0.15) is 22.5 Å². The summed E-state index contributed by atoms with van der Waals surface area (Å²) in [7, 11) is 0. The monoisotopic (exact) mass is 692 g/mol. The number of benzene rings is 9. The van der Waals surface area contributed by atoms with Crippen molar-refractivity contribution in [1.82, 2.24) is 0 Å². The molecule has 0 aliphatic heterocycles. The van der Waals surface area contributed by atoms with Crippen LogP contribution in [-0.2, 0) is 0 Å². The van der Waals surface area contributed by atoms with E-state index in [-0.39, 0.29) is 0 Å². The van der Waals surface area contributed by atoms with Crippen molar-refractivity contribution in [2.75, 3.05) is 0 Å². The first-order valence-corrected chi connectivity index (χ1v) is 18.8. The lowest BCUT2D eigenvalue weighted by Gasteiger charge is -2.19. The fourth-order valence-corrected chi connectivity index (χ4v) is 10.1. The standard InChI is InChI=1S/C50H28O2S/c1-2-14-29(15-3-1)48-47(46-41(52-48)27-26-38-33-19-11-13-25-42(33)53-50(38)46)44-36-22-8-6-20-34(36)43(35-21-7-9-23-37(35)44)45-31-17-5-4-16-30(31)28-39-32-18-10-12-24-40(32)51-49(39)45/h1-28H. The van der Waals surface area contributed by atoms with Gasteiger partial charge in [-0.3, -0.25) is 0 Å². The smallest absolute Gasteiger partial charge is 0.143 e. The first kappa shape index (κ1) is 29.0. The van der Waals surface area contributed by atoms with Crippen LogP contribution in [0.2, 0.25) is 0 Å². The maximum absolute atomic E-state index is 7.00. The van der Waals surface area contributed by atoms with E-state index in [1.54, 1.807) is 0 Å². The highest BCUT2D eigenvalue weighted by atomic mass is 32.1. The van der Waals surface area contributed by atoms with E-state index in [4.69, 9.17) is 8.83 Å². The molecule has 0 spiro atoms. The van der Waals surface area contributed by atoms with E-state index in [9.17, 15) is 0 Å². The van der Waals surface area contributed by atoms with Gasteiger partial charge >= 0.3 is 0 Å². The van der Waals surface area contributed by atoms with Crippen molar-refractivity contribution < 1.29 is 8.83 Å². The lowest BCUT2D eigenvalue weighted by molar-refractivity contribution is 0.633. The van der Waals surface area contributed by atoms with Gasteiger partial charge in [0, 0.05) is 64.1 Å². The normalized spacial score (nSPS) is 12.2. The molecule has 53 heavy (non-hydrogen) atoms. The quantitative estimate of drug-likeness (QED) is 0.172. The van der Waals surface area contributed by atoms with Gasteiger partial charge in [-0.25, -0.2) is 0 Å². The average molecular weight is 693 g/mol. The van der Waals surface area contributed by atoms with Crippen LogP contribution >= 0.6 is 11.3 Å². The molecular weight excluding hydrogens is 665 g/mol. The summed E-state index contributed by atoms with van der Waals surface area (Å²) >= 11 is 1.85. The molecule has 0 aliphatic carbocycles. The summed E-state index contributed by atoms with van der Waals surface area (Å²) < 4.78 is 16.4. The minimum absolute atomic E-state index is 0.887. The summed E-state index contributed by atoms with van der Waals surface area (Å²) in [5.74, 6) is 0.887. The number of fused-ring (bicyclic) bond motifs is 11. The van der Waals surface area contributed by atoms with E-state index in [1.807, 2.05) is 11.3 Å². The van der Waals surface area contributed by atoms with Gasteiger partial charge < -0.3 is 8.83 Å². The van der Waals surface area contributed by atoms with Gasteiger partial charge in [-0.1, -0.05) is 140 Å². The average Bonchev–Trinajstić information content (AvgIpc) is 3.91. The molecule has 3 heterocycles. The summed E-state index contributed by atoms with van der Waals surface area (Å²) in [5.41, 5.74) is 8.39. The zero-order valence-electron chi connectivity index (χ0n) is 28.4. The zero-order valence-corrected chi connectivity index (χ0v) is 29.2. The van der Waals surface area contributed by atoms with Crippen LogP contribution < -0.4 is 0 Å². The molecule has 0 bridgehead atoms. The van der Waals surface area contributed by atoms with Crippen LogP contribution in [0.4, 0.5) is 0 Å². The molecular formula is C50H28O2S. The number of thiophene rings is 1. The summed E-state index contributed by atoms with van der Waals surface area (Å²) in [5, 5.41) is 13.0. The maximum atomic E-state index is 7.00. The van der Waals surface area contributed by atoms with Gasteiger partial charge in [0.2, 0.25) is 0 Å². The second-order valence-electron chi connectivity index (χ2n) is 13.9. The van der Waals surface area contributed by atoms with Gasteiger partial charge in [-0.05, 0) is 62.6 Å². The summed E-state index contributed by atoms with van der Waals surface area (Å²) in [6.07, 6.45) is 0. The number of para-hydroxylation sites is 1. The van der Waals surface area contributed by atoms with Crippen LogP contribution in [0.1, 0.15) is 0 Å². The largest absolute Gasteiger partial charge is 0.455 e. The fraction of sp³-hybridized carbons (Fsp3) is 0. The summed E-state index contributed by atoms with van der Waals surface area (Å²) in [6, 6.07) is 61.0. The second kappa shape index (κ2) is 10.9. The lowest BCUT2D eigenvalue weighted by Crippen LogP contribution is -1.93. The minimum Gasteiger partial charge on any atom is -0.455 e. The molecule has 0 amide bonds. The molecule has 0 saturated carbocycles. The molecule has 9 aromatic carbocycles. The van der Waals surface area contributed by atoms with Crippen molar-refractivity contribution in [3.05, 3.63) is 170 Å². The molecule has 0 N–H and O–H groups in total. The first-order valence-electron chi connectivity index (χ1n) is 18.0. The van der Waals surface area contributed by atoms with Crippen LogP contribution in [0, 0.1) is 0 Å². The van der Waals surface area contributed by atoms with Gasteiger partial charge in [-0.15, -0.1) is 11.3 Å². The van der Waals surface area contributed by atoms with Crippen molar-refractivity contribution in [2.45, 2.75) is 0 Å². The van der Waals surface area contributed by atoms with Crippen molar-refractivity contribution in [1.29, 1.82) is 0 Å². The third kappa shape index (κ3) is 4.03. The topological polar surface area (TPSA) is 26.3 Å². The highest BCUT2D eigenvalue weighted by molar-refractivity contribution is 7.26. The van der Waals surface area contributed by atoms with Gasteiger partial charge in [0.05, 0.1) is 0 Å². The van der Waals surface area contributed by atoms with Crippen molar-refractivity contribution in [3.63, 3.8) is 0 Å². The Kier molecular flexibility index (Phi) is 5.96. The molecule has 12 rings (SSSR count). The Bertz CT molecular complexity index is 3390. The number of hydrogen-bond donors (Lipinski definition) is 0.